The van der Waals surface area contributed by atoms with Gasteiger partial charge in [0.25, 0.3) is 5.91 Å². The molecule has 0 spiro atoms. The molecule has 0 fully saturated rings. The maximum absolute atomic E-state index is 14.0. The summed E-state index contributed by atoms with van der Waals surface area (Å²) in [6.45, 7) is 0.884. The number of benzene rings is 3. The van der Waals surface area contributed by atoms with E-state index in [4.69, 9.17) is 21.1 Å². The van der Waals surface area contributed by atoms with E-state index in [1.165, 1.54) is 5.56 Å². The minimum atomic E-state index is -0.168. The zero-order chi connectivity index (χ0) is 26.2. The Kier molecular flexibility index (Phi) is 6.34. The van der Waals surface area contributed by atoms with Crippen molar-refractivity contribution < 1.29 is 14.3 Å². The number of nitrogens with zero attached hydrogens (tertiary/aromatic N) is 2. The Morgan fingerprint density at radius 3 is 2.11 bits per heavy atom. The van der Waals surface area contributed by atoms with E-state index in [2.05, 4.69) is 32.6 Å². The monoisotopic (exact) mass is 525 g/mol. The maximum atomic E-state index is 14.0. The van der Waals surface area contributed by atoms with Crippen molar-refractivity contribution >= 4 is 28.8 Å². The van der Waals surface area contributed by atoms with Crippen LogP contribution in [0, 0.1) is 0 Å². The van der Waals surface area contributed by atoms with Gasteiger partial charge in [0.15, 0.2) is 0 Å². The van der Waals surface area contributed by atoms with Crippen LogP contribution in [-0.4, -0.2) is 29.1 Å². The number of nitrogens with one attached hydrogen (secondary N) is 1. The average molecular weight is 526 g/mol. The Morgan fingerprint density at radius 1 is 0.842 bits per heavy atom. The van der Waals surface area contributed by atoms with Crippen LogP contribution >= 0.6 is 11.6 Å². The molecule has 38 heavy (non-hydrogen) atoms. The number of methoxy groups -OCH3 is 2. The summed E-state index contributed by atoms with van der Waals surface area (Å²) in [4.78, 5) is 14.0. The molecule has 7 heteroatoms. The lowest BCUT2D eigenvalue weighted by atomic mass is 9.97. The Labute approximate surface area is 226 Å². The number of hydrogen-bond donors (Lipinski definition) is 1. The molecule has 2 aromatic heterocycles. The molecular weight excluding hydrogens is 498 g/mol. The predicted molar refractivity (Wildman–Crippen MR) is 152 cm³/mol. The van der Waals surface area contributed by atoms with E-state index in [0.717, 1.165) is 65.3 Å². The van der Waals surface area contributed by atoms with Gasteiger partial charge in [-0.1, -0.05) is 23.7 Å². The topological polar surface area (TPSA) is 56.9 Å². The molecule has 6 rings (SSSR count). The number of aromatic nitrogens is 2. The third kappa shape index (κ3) is 4.21. The molecule has 1 aliphatic rings. The fourth-order valence-electron chi connectivity index (χ4n) is 5.39. The summed E-state index contributed by atoms with van der Waals surface area (Å²) in [5.74, 6) is 1.42. The molecule has 0 saturated carbocycles. The van der Waals surface area contributed by atoms with Gasteiger partial charge in [0, 0.05) is 34.6 Å². The highest BCUT2D eigenvalue weighted by Crippen LogP contribution is 2.40. The summed E-state index contributed by atoms with van der Waals surface area (Å²) < 4.78 is 15.2. The van der Waals surface area contributed by atoms with Gasteiger partial charge in [-0.15, -0.1) is 0 Å². The van der Waals surface area contributed by atoms with Gasteiger partial charge >= 0.3 is 0 Å². The molecule has 0 bridgehead atoms. The Balaban J connectivity index is 1.57. The average Bonchev–Trinajstić information content (AvgIpc) is 3.37. The van der Waals surface area contributed by atoms with E-state index in [-0.39, 0.29) is 5.91 Å². The summed E-state index contributed by atoms with van der Waals surface area (Å²) in [6.07, 6.45) is 5.10. The number of rotatable bonds is 6. The van der Waals surface area contributed by atoms with Crippen LogP contribution in [0.1, 0.15) is 28.9 Å². The Hall–Kier alpha value is -4.16. The van der Waals surface area contributed by atoms with E-state index in [1.807, 2.05) is 48.5 Å². The van der Waals surface area contributed by atoms with E-state index in [9.17, 15) is 4.79 Å². The van der Waals surface area contributed by atoms with Crippen LogP contribution in [0.2, 0.25) is 5.02 Å². The summed E-state index contributed by atoms with van der Waals surface area (Å²) in [6, 6.07) is 23.2. The molecule has 1 N–H and O–H groups in total. The van der Waals surface area contributed by atoms with Crippen LogP contribution < -0.4 is 14.8 Å². The lowest BCUT2D eigenvalue weighted by Gasteiger charge is -2.11. The van der Waals surface area contributed by atoms with Crippen molar-refractivity contribution in [3.63, 3.8) is 0 Å². The largest absolute Gasteiger partial charge is 0.497 e. The highest BCUT2D eigenvalue weighted by molar-refractivity contribution is 6.30. The van der Waals surface area contributed by atoms with Crippen molar-refractivity contribution in [1.29, 1.82) is 0 Å². The molecule has 5 aromatic rings. The van der Waals surface area contributed by atoms with Crippen molar-refractivity contribution in [3.05, 3.63) is 95.3 Å². The van der Waals surface area contributed by atoms with Crippen LogP contribution in [0.15, 0.2) is 79.0 Å². The summed E-state index contributed by atoms with van der Waals surface area (Å²) in [5.41, 5.74) is 7.68. The number of ether oxygens (including phenoxy) is 2. The van der Waals surface area contributed by atoms with Gasteiger partial charge in [0.2, 0.25) is 0 Å². The van der Waals surface area contributed by atoms with E-state index < -0.39 is 0 Å². The van der Waals surface area contributed by atoms with Gasteiger partial charge < -0.3 is 19.4 Å². The van der Waals surface area contributed by atoms with Crippen LogP contribution in [0.5, 0.6) is 11.5 Å². The first-order chi connectivity index (χ1) is 18.6. The first kappa shape index (κ1) is 24.2. The van der Waals surface area contributed by atoms with Gasteiger partial charge in [-0.3, -0.25) is 9.20 Å². The number of carbonyl (C=O) groups excluding carboxylic acids is 1. The molecule has 1 aliphatic heterocycles. The molecule has 192 valence electrons. The normalized spacial score (nSPS) is 12.8. The molecule has 0 atom stereocenters. The SMILES string of the molecule is COc1ccc(-c2c3c4n(c(-c5ccc(OC)cc5)cn4c2C(=O)Nc2ccc(Cl)cc2)CCCC3)cc1. The van der Waals surface area contributed by atoms with Crippen LogP contribution in [-0.2, 0) is 13.0 Å². The molecule has 3 heterocycles. The third-order valence-corrected chi connectivity index (χ3v) is 7.47. The number of hydrogen-bond acceptors (Lipinski definition) is 3. The number of halogens is 1. The predicted octanol–water partition coefficient (Wildman–Crippen LogP) is 7.33. The lowest BCUT2D eigenvalue weighted by Crippen LogP contribution is -2.15. The van der Waals surface area contributed by atoms with Crippen LogP contribution in [0.25, 0.3) is 28.0 Å². The van der Waals surface area contributed by atoms with Crippen LogP contribution in [0.4, 0.5) is 5.69 Å². The Morgan fingerprint density at radius 2 is 1.47 bits per heavy atom. The minimum Gasteiger partial charge on any atom is -0.497 e. The minimum absolute atomic E-state index is 0.168. The van der Waals surface area contributed by atoms with Gasteiger partial charge in [-0.25, -0.2) is 0 Å². The molecule has 1 amide bonds. The van der Waals surface area contributed by atoms with E-state index in [1.54, 1.807) is 26.4 Å². The van der Waals surface area contributed by atoms with E-state index >= 15 is 0 Å². The smallest absolute Gasteiger partial charge is 0.273 e. The zero-order valence-electron chi connectivity index (χ0n) is 21.3. The number of imidazole rings is 1. The van der Waals surface area contributed by atoms with Crippen molar-refractivity contribution in [2.75, 3.05) is 19.5 Å². The van der Waals surface area contributed by atoms with Crippen molar-refractivity contribution in [2.24, 2.45) is 0 Å². The number of carbonyl (C=O) groups is 1. The standard InChI is InChI=1S/C31H28ClN3O3/c1-37-24-14-6-20(7-15-24)27-19-35-29(30(36)33-23-12-10-22(32)11-13-23)28(21-8-16-25(38-2)17-9-21)26-5-3-4-18-34(27)31(26)35/h6-17,19H,3-5,18H2,1-2H3,(H,33,36). The quantitative estimate of drug-likeness (QED) is 0.252. The molecule has 0 radical (unpaired) electrons. The zero-order valence-corrected chi connectivity index (χ0v) is 22.1. The second-order valence-electron chi connectivity index (χ2n) is 9.44. The summed E-state index contributed by atoms with van der Waals surface area (Å²) in [7, 11) is 3.33. The first-order valence-electron chi connectivity index (χ1n) is 12.7. The highest BCUT2D eigenvalue weighted by atomic mass is 35.5. The maximum Gasteiger partial charge on any atom is 0.273 e. The van der Waals surface area contributed by atoms with Crippen molar-refractivity contribution in [3.8, 4) is 33.9 Å². The number of aryl methyl sites for hydroxylation is 2. The fourth-order valence-corrected chi connectivity index (χ4v) is 5.52. The highest BCUT2D eigenvalue weighted by Gasteiger charge is 2.29. The summed E-state index contributed by atoms with van der Waals surface area (Å²) >= 11 is 6.08. The second-order valence-corrected chi connectivity index (χ2v) is 9.87. The molecule has 0 saturated heterocycles. The molecule has 6 nitrogen and oxygen atoms in total. The van der Waals surface area contributed by atoms with Crippen molar-refractivity contribution in [1.82, 2.24) is 8.97 Å². The molecule has 3 aromatic carbocycles. The van der Waals surface area contributed by atoms with Crippen molar-refractivity contribution in [2.45, 2.75) is 25.8 Å². The summed E-state index contributed by atoms with van der Waals surface area (Å²) in [5, 5.41) is 3.72. The lowest BCUT2D eigenvalue weighted by molar-refractivity contribution is 0.102. The van der Waals surface area contributed by atoms with Gasteiger partial charge in [0.1, 0.15) is 22.8 Å². The van der Waals surface area contributed by atoms with Crippen LogP contribution in [0.3, 0.4) is 0 Å². The molecule has 0 aliphatic carbocycles. The molecular formula is C31H28ClN3O3. The van der Waals surface area contributed by atoms with E-state index in [0.29, 0.717) is 16.4 Å². The third-order valence-electron chi connectivity index (χ3n) is 7.22. The number of anilines is 1. The fraction of sp³-hybridized carbons (Fsp3) is 0.194. The second kappa shape index (κ2) is 9.95. The van der Waals surface area contributed by atoms with Gasteiger partial charge in [0.05, 0.1) is 19.9 Å². The number of amides is 1. The van der Waals surface area contributed by atoms with Gasteiger partial charge in [-0.05, 0) is 91.1 Å². The first-order valence-corrected chi connectivity index (χ1v) is 13.1. The van der Waals surface area contributed by atoms with Gasteiger partial charge in [-0.2, -0.15) is 0 Å². The molecule has 0 unspecified atom stereocenters. The Bertz CT molecular complexity index is 1610.